The number of hydrogen-bond donors (Lipinski definition) is 3. The maximum Gasteiger partial charge on any atom is 0.408 e. The number of hydrogen-bond acceptors (Lipinski definition) is 7. The minimum absolute atomic E-state index is 0.120. The summed E-state index contributed by atoms with van der Waals surface area (Å²) in [6, 6.07) is 15.6. The third kappa shape index (κ3) is 10.1. The summed E-state index contributed by atoms with van der Waals surface area (Å²) in [5, 5.41) is 8.37. The Bertz CT molecular complexity index is 1330. The van der Waals surface area contributed by atoms with Crippen molar-refractivity contribution in [1.29, 1.82) is 0 Å². The van der Waals surface area contributed by atoms with Crippen LogP contribution >= 0.6 is 0 Å². The summed E-state index contributed by atoms with van der Waals surface area (Å²) in [6.45, 7) is 10.5. The van der Waals surface area contributed by atoms with Crippen LogP contribution in [0, 0.1) is 11.8 Å². The zero-order chi connectivity index (χ0) is 33.3. The van der Waals surface area contributed by atoms with Crippen LogP contribution in [0.15, 0.2) is 60.7 Å². The highest BCUT2D eigenvalue weighted by molar-refractivity contribution is 5.93. The highest BCUT2D eigenvalue weighted by Gasteiger charge is 2.53. The monoisotopic (exact) mass is 622 g/mol. The Kier molecular flexibility index (Phi) is 12.1. The van der Waals surface area contributed by atoms with Gasteiger partial charge in [0.2, 0.25) is 17.7 Å². The molecule has 2 aromatic carbocycles. The number of methoxy groups -OCH3 is 1. The second-order valence-electron chi connectivity index (χ2n) is 12.8. The molecule has 0 aromatic heterocycles. The molecule has 5 atom stereocenters. The number of rotatable bonds is 13. The standard InChI is InChI=1S/C34H46N4O7/c1-21(2)18-25(28-29(24-16-12-9-13-17-24)38(32(28)42)20-27(39)44-7)36-31(41)26(19-23-14-10-8-11-15-23)37-30(40)22(3)35-33(43)45-34(4,5)6/h8-17,21-22,25-26,28-29H,18-20H2,1-7H3,(H,35,43)(H,36,41)(H,37,40)/t22-,25-,26-,28+,29+/m0/s1. The molecule has 45 heavy (non-hydrogen) atoms. The van der Waals surface area contributed by atoms with E-state index in [0.29, 0.717) is 6.42 Å². The number of alkyl carbamates (subject to hydrolysis) is 1. The van der Waals surface area contributed by atoms with Gasteiger partial charge in [0.15, 0.2) is 0 Å². The summed E-state index contributed by atoms with van der Waals surface area (Å²) in [6.07, 6.45) is -0.0837. The van der Waals surface area contributed by atoms with Gasteiger partial charge in [-0.05, 0) is 51.2 Å². The zero-order valence-corrected chi connectivity index (χ0v) is 27.2. The molecule has 0 unspecified atom stereocenters. The van der Waals surface area contributed by atoms with Gasteiger partial charge in [-0.15, -0.1) is 0 Å². The van der Waals surface area contributed by atoms with Crippen molar-refractivity contribution in [3.8, 4) is 0 Å². The number of nitrogens with one attached hydrogen (secondary N) is 3. The fourth-order valence-corrected chi connectivity index (χ4v) is 5.38. The molecule has 11 heteroatoms. The summed E-state index contributed by atoms with van der Waals surface area (Å²) in [7, 11) is 1.27. The lowest BCUT2D eigenvalue weighted by molar-refractivity contribution is -0.167. The van der Waals surface area contributed by atoms with E-state index in [9.17, 15) is 24.0 Å². The van der Waals surface area contributed by atoms with Crippen molar-refractivity contribution < 1.29 is 33.4 Å². The molecule has 0 bridgehead atoms. The van der Waals surface area contributed by atoms with E-state index in [1.54, 1.807) is 20.8 Å². The SMILES string of the molecule is COC(=O)CN1C(=O)[C@H]([C@H](CC(C)C)NC(=O)[C@H](Cc2ccccc2)NC(=O)[C@H](C)NC(=O)OC(C)(C)C)[C@H]1c1ccccc1. The van der Waals surface area contributed by atoms with Crippen molar-refractivity contribution >= 4 is 29.8 Å². The van der Waals surface area contributed by atoms with Gasteiger partial charge < -0.3 is 30.3 Å². The Balaban J connectivity index is 1.86. The first kappa shape index (κ1) is 35.1. The quantitative estimate of drug-likeness (QED) is 0.229. The molecule has 2 aromatic rings. The molecule has 1 heterocycles. The van der Waals surface area contributed by atoms with Gasteiger partial charge in [0.1, 0.15) is 24.2 Å². The first-order valence-corrected chi connectivity index (χ1v) is 15.3. The van der Waals surface area contributed by atoms with Crippen LogP contribution in [0.5, 0.6) is 0 Å². The summed E-state index contributed by atoms with van der Waals surface area (Å²) < 4.78 is 10.1. The predicted octanol–water partition coefficient (Wildman–Crippen LogP) is 3.53. The number of benzene rings is 2. The molecule has 244 valence electrons. The van der Waals surface area contributed by atoms with E-state index in [-0.39, 0.29) is 24.8 Å². The van der Waals surface area contributed by atoms with Gasteiger partial charge in [0.25, 0.3) is 0 Å². The Morgan fingerprint density at radius 3 is 2.02 bits per heavy atom. The number of amides is 4. The molecule has 0 saturated carbocycles. The Hall–Kier alpha value is -4.41. The maximum absolute atomic E-state index is 14.0. The second-order valence-corrected chi connectivity index (χ2v) is 12.8. The van der Waals surface area contributed by atoms with Crippen molar-refractivity contribution in [3.63, 3.8) is 0 Å². The first-order valence-electron chi connectivity index (χ1n) is 15.3. The molecule has 0 radical (unpaired) electrons. The largest absolute Gasteiger partial charge is 0.468 e. The van der Waals surface area contributed by atoms with Crippen molar-refractivity contribution in [2.24, 2.45) is 11.8 Å². The van der Waals surface area contributed by atoms with Crippen LogP contribution in [-0.4, -0.2) is 72.1 Å². The van der Waals surface area contributed by atoms with Crippen molar-refractivity contribution in [2.75, 3.05) is 13.7 Å². The number of esters is 1. The first-order chi connectivity index (χ1) is 21.2. The average molecular weight is 623 g/mol. The average Bonchev–Trinajstić information content (AvgIpc) is 2.97. The normalized spacial score (nSPS) is 18.2. The number of carbonyl (C=O) groups is 5. The molecule has 4 amide bonds. The van der Waals surface area contributed by atoms with E-state index in [1.807, 2.05) is 74.5 Å². The molecular formula is C34H46N4O7. The van der Waals surface area contributed by atoms with Crippen LogP contribution < -0.4 is 16.0 Å². The van der Waals surface area contributed by atoms with Crippen molar-refractivity contribution in [1.82, 2.24) is 20.9 Å². The summed E-state index contributed by atoms with van der Waals surface area (Å²) in [4.78, 5) is 66.7. The van der Waals surface area contributed by atoms with E-state index in [1.165, 1.54) is 18.9 Å². The fraction of sp³-hybridized carbons (Fsp3) is 0.500. The molecule has 1 aliphatic rings. The van der Waals surface area contributed by atoms with Gasteiger partial charge in [-0.3, -0.25) is 19.2 Å². The van der Waals surface area contributed by atoms with E-state index < -0.39 is 59.6 Å². The molecule has 11 nitrogen and oxygen atoms in total. The van der Waals surface area contributed by atoms with Crippen LogP contribution in [-0.2, 0) is 35.1 Å². The zero-order valence-electron chi connectivity index (χ0n) is 27.2. The number of likely N-dealkylation sites (tertiary alicyclic amines) is 1. The third-order valence-electron chi connectivity index (χ3n) is 7.44. The minimum atomic E-state index is -1.01. The van der Waals surface area contributed by atoms with Crippen LogP contribution in [0.2, 0.25) is 0 Å². The summed E-state index contributed by atoms with van der Waals surface area (Å²) in [5.74, 6) is -2.35. The molecular weight excluding hydrogens is 576 g/mol. The molecule has 0 spiro atoms. The molecule has 3 N–H and O–H groups in total. The molecule has 1 fully saturated rings. The lowest BCUT2D eigenvalue weighted by Gasteiger charge is -2.50. The van der Waals surface area contributed by atoms with E-state index >= 15 is 0 Å². The lowest BCUT2D eigenvalue weighted by atomic mass is 9.75. The molecule has 0 aliphatic carbocycles. The van der Waals surface area contributed by atoms with Crippen molar-refractivity contribution in [2.45, 2.75) is 84.2 Å². The predicted molar refractivity (Wildman–Crippen MR) is 169 cm³/mol. The number of β-lactam (4-membered cyclic amide) rings is 1. The van der Waals surface area contributed by atoms with Gasteiger partial charge in [0, 0.05) is 12.5 Å². The molecule has 1 saturated heterocycles. The number of ether oxygens (including phenoxy) is 2. The van der Waals surface area contributed by atoms with Gasteiger partial charge in [0.05, 0.1) is 19.1 Å². The molecule has 3 rings (SSSR count). The highest BCUT2D eigenvalue weighted by Crippen LogP contribution is 2.43. The molecule has 1 aliphatic heterocycles. The lowest BCUT2D eigenvalue weighted by Crippen LogP contribution is -2.65. The Morgan fingerprint density at radius 1 is 0.867 bits per heavy atom. The van der Waals surface area contributed by atoms with E-state index in [4.69, 9.17) is 9.47 Å². The van der Waals surface area contributed by atoms with Crippen LogP contribution in [0.3, 0.4) is 0 Å². The van der Waals surface area contributed by atoms with Gasteiger partial charge in [-0.1, -0.05) is 74.5 Å². The van der Waals surface area contributed by atoms with Gasteiger partial charge >= 0.3 is 12.1 Å². The highest BCUT2D eigenvalue weighted by atomic mass is 16.6. The van der Waals surface area contributed by atoms with Crippen LogP contribution in [0.1, 0.15) is 65.1 Å². The minimum Gasteiger partial charge on any atom is -0.468 e. The van der Waals surface area contributed by atoms with E-state index in [0.717, 1.165) is 11.1 Å². The topological polar surface area (TPSA) is 143 Å². The second kappa shape index (κ2) is 15.5. The Morgan fingerprint density at radius 2 is 1.47 bits per heavy atom. The van der Waals surface area contributed by atoms with Crippen molar-refractivity contribution in [3.05, 3.63) is 71.8 Å². The third-order valence-corrected chi connectivity index (χ3v) is 7.44. The summed E-state index contributed by atoms with van der Waals surface area (Å²) in [5.41, 5.74) is 0.909. The van der Waals surface area contributed by atoms with Crippen LogP contribution in [0.4, 0.5) is 4.79 Å². The van der Waals surface area contributed by atoms with Crippen LogP contribution in [0.25, 0.3) is 0 Å². The summed E-state index contributed by atoms with van der Waals surface area (Å²) >= 11 is 0. The number of carbonyl (C=O) groups excluding carboxylic acids is 5. The van der Waals surface area contributed by atoms with E-state index in [2.05, 4.69) is 16.0 Å². The Labute approximate surface area is 265 Å². The maximum atomic E-state index is 14.0. The van der Waals surface area contributed by atoms with Gasteiger partial charge in [-0.25, -0.2) is 4.79 Å². The smallest absolute Gasteiger partial charge is 0.408 e. The van der Waals surface area contributed by atoms with Gasteiger partial charge in [-0.2, -0.15) is 0 Å². The fourth-order valence-electron chi connectivity index (χ4n) is 5.38. The number of nitrogens with zero attached hydrogens (tertiary/aromatic N) is 1.